The highest BCUT2D eigenvalue weighted by Gasteiger charge is 2.24. The van der Waals surface area contributed by atoms with E-state index in [9.17, 15) is 0 Å². The zero-order valence-electron chi connectivity index (χ0n) is 24.4. The maximum absolute atomic E-state index is 2.53. The first-order valence-electron chi connectivity index (χ1n) is 15.9. The summed E-state index contributed by atoms with van der Waals surface area (Å²) < 4.78 is 1.30. The van der Waals surface area contributed by atoms with E-state index in [1.54, 1.807) is 0 Å². The SMILES string of the molecule is CCCCCCCCCCCCCC[N+](C)(CCCCCCCCCCCCCC)C(C)C. The van der Waals surface area contributed by atoms with E-state index in [2.05, 4.69) is 34.7 Å². The molecule has 0 aliphatic rings. The van der Waals surface area contributed by atoms with Crippen molar-refractivity contribution >= 4 is 0 Å². The van der Waals surface area contributed by atoms with Crippen LogP contribution < -0.4 is 0 Å². The standard InChI is InChI=1S/C32H68N/c1-6-8-10-12-14-16-18-20-22-24-26-28-30-33(5,32(3)4)31-29-27-25-23-21-19-17-15-13-11-9-7-2/h32H,6-31H2,1-5H3/q+1. The van der Waals surface area contributed by atoms with E-state index in [0.717, 1.165) is 6.04 Å². The van der Waals surface area contributed by atoms with Crippen molar-refractivity contribution in [2.45, 2.75) is 188 Å². The first-order chi connectivity index (χ1) is 16.1. The van der Waals surface area contributed by atoms with Crippen molar-refractivity contribution in [1.82, 2.24) is 0 Å². The molecule has 1 nitrogen and oxygen atoms in total. The summed E-state index contributed by atoms with van der Waals surface area (Å²) in [6.45, 7) is 12.3. The van der Waals surface area contributed by atoms with Crippen LogP contribution in [0.15, 0.2) is 0 Å². The van der Waals surface area contributed by atoms with E-state index in [4.69, 9.17) is 0 Å². The van der Waals surface area contributed by atoms with E-state index < -0.39 is 0 Å². The molecule has 0 aromatic carbocycles. The van der Waals surface area contributed by atoms with Crippen molar-refractivity contribution in [3.63, 3.8) is 0 Å². The number of hydrogen-bond donors (Lipinski definition) is 0. The van der Waals surface area contributed by atoms with Crippen LogP contribution in [0.5, 0.6) is 0 Å². The Hall–Kier alpha value is -0.0400. The van der Waals surface area contributed by atoms with Crippen molar-refractivity contribution < 1.29 is 4.48 Å². The van der Waals surface area contributed by atoms with Gasteiger partial charge in [-0.3, -0.25) is 0 Å². The third kappa shape index (κ3) is 22.2. The van der Waals surface area contributed by atoms with E-state index in [0.29, 0.717) is 0 Å². The maximum Gasteiger partial charge on any atom is 0.0831 e. The van der Waals surface area contributed by atoms with Gasteiger partial charge in [0.15, 0.2) is 0 Å². The maximum atomic E-state index is 2.53. The van der Waals surface area contributed by atoms with Gasteiger partial charge in [0.2, 0.25) is 0 Å². The second-order valence-corrected chi connectivity index (χ2v) is 11.8. The molecule has 200 valence electrons. The van der Waals surface area contributed by atoms with Crippen LogP contribution in [0.4, 0.5) is 0 Å². The van der Waals surface area contributed by atoms with Crippen molar-refractivity contribution in [1.29, 1.82) is 0 Å². The van der Waals surface area contributed by atoms with Gasteiger partial charge in [0.05, 0.1) is 26.2 Å². The summed E-state index contributed by atoms with van der Waals surface area (Å²) in [7, 11) is 2.53. The number of unbranched alkanes of at least 4 members (excludes halogenated alkanes) is 22. The fraction of sp³-hybridized carbons (Fsp3) is 1.00. The Morgan fingerprint density at radius 1 is 0.364 bits per heavy atom. The molecule has 0 aliphatic carbocycles. The molecule has 0 atom stereocenters. The lowest BCUT2D eigenvalue weighted by Gasteiger charge is -2.39. The molecule has 0 bridgehead atoms. The minimum atomic E-state index is 0.769. The Morgan fingerprint density at radius 2 is 0.576 bits per heavy atom. The molecule has 0 amide bonds. The molecule has 0 aromatic rings. The van der Waals surface area contributed by atoms with Crippen LogP contribution in [-0.2, 0) is 0 Å². The van der Waals surface area contributed by atoms with Crippen molar-refractivity contribution in [3.8, 4) is 0 Å². The number of nitrogens with zero attached hydrogens (tertiary/aromatic N) is 1. The van der Waals surface area contributed by atoms with E-state index in [1.807, 2.05) is 0 Å². The molecule has 0 aromatic heterocycles. The highest BCUT2D eigenvalue weighted by atomic mass is 15.3. The first-order valence-corrected chi connectivity index (χ1v) is 15.9. The third-order valence-corrected chi connectivity index (χ3v) is 8.29. The second-order valence-electron chi connectivity index (χ2n) is 11.8. The third-order valence-electron chi connectivity index (χ3n) is 8.29. The first kappa shape index (κ1) is 33.0. The molecule has 0 heterocycles. The Kier molecular flexibility index (Phi) is 25.0. The molecule has 0 unspecified atom stereocenters. The highest BCUT2D eigenvalue weighted by molar-refractivity contribution is 4.53. The topological polar surface area (TPSA) is 0 Å². The minimum Gasteiger partial charge on any atom is -0.324 e. The average molecular weight is 467 g/mol. The Balaban J connectivity index is 3.58. The average Bonchev–Trinajstić information content (AvgIpc) is 2.80. The summed E-state index contributed by atoms with van der Waals surface area (Å²) in [5.41, 5.74) is 0. The molecular formula is C32H68N+. The Labute approximate surface area is 212 Å². The Bertz CT molecular complexity index is 334. The molecule has 33 heavy (non-hydrogen) atoms. The monoisotopic (exact) mass is 467 g/mol. The van der Waals surface area contributed by atoms with Gasteiger partial charge in [-0.25, -0.2) is 0 Å². The van der Waals surface area contributed by atoms with Crippen LogP contribution in [0.3, 0.4) is 0 Å². The Morgan fingerprint density at radius 3 is 0.788 bits per heavy atom. The summed E-state index contributed by atoms with van der Waals surface area (Å²) in [5.74, 6) is 0. The number of rotatable bonds is 27. The van der Waals surface area contributed by atoms with Crippen LogP contribution in [-0.4, -0.2) is 30.7 Å². The van der Waals surface area contributed by atoms with E-state index in [1.165, 1.54) is 172 Å². The molecule has 0 N–H and O–H groups in total. The van der Waals surface area contributed by atoms with Gasteiger partial charge >= 0.3 is 0 Å². The van der Waals surface area contributed by atoms with Gasteiger partial charge < -0.3 is 4.48 Å². The second kappa shape index (κ2) is 25.1. The zero-order chi connectivity index (χ0) is 24.5. The summed E-state index contributed by atoms with van der Waals surface area (Å²) in [6, 6.07) is 0.769. The smallest absolute Gasteiger partial charge is 0.0831 e. The molecule has 1 heteroatoms. The van der Waals surface area contributed by atoms with Gasteiger partial charge in [-0.05, 0) is 39.5 Å². The highest BCUT2D eigenvalue weighted by Crippen LogP contribution is 2.18. The van der Waals surface area contributed by atoms with Crippen LogP contribution in [0, 0.1) is 0 Å². The summed E-state index contributed by atoms with van der Waals surface area (Å²) in [6.07, 6.45) is 34.9. The predicted octanol–water partition coefficient (Wildman–Crippen LogP) is 11.2. The lowest BCUT2D eigenvalue weighted by molar-refractivity contribution is -0.930. The van der Waals surface area contributed by atoms with Crippen LogP contribution >= 0.6 is 0 Å². The van der Waals surface area contributed by atoms with Crippen LogP contribution in [0.1, 0.15) is 182 Å². The van der Waals surface area contributed by atoms with Crippen molar-refractivity contribution in [2.75, 3.05) is 20.1 Å². The summed E-state index contributed by atoms with van der Waals surface area (Å²) >= 11 is 0. The molecule has 0 saturated carbocycles. The van der Waals surface area contributed by atoms with Gasteiger partial charge in [-0.1, -0.05) is 142 Å². The molecule has 0 saturated heterocycles. The molecule has 0 fully saturated rings. The lowest BCUT2D eigenvalue weighted by Crippen LogP contribution is -2.50. The van der Waals surface area contributed by atoms with Gasteiger partial charge in [0.25, 0.3) is 0 Å². The summed E-state index contributed by atoms with van der Waals surface area (Å²) in [4.78, 5) is 0. The fourth-order valence-electron chi connectivity index (χ4n) is 5.26. The molecule has 0 rings (SSSR count). The van der Waals surface area contributed by atoms with Crippen molar-refractivity contribution in [3.05, 3.63) is 0 Å². The quantitative estimate of drug-likeness (QED) is 0.0833. The summed E-state index contributed by atoms with van der Waals surface area (Å²) in [5, 5.41) is 0. The van der Waals surface area contributed by atoms with Gasteiger partial charge in [-0.15, -0.1) is 0 Å². The number of hydrogen-bond acceptors (Lipinski definition) is 0. The minimum absolute atomic E-state index is 0.769. The van der Waals surface area contributed by atoms with Gasteiger partial charge in [0.1, 0.15) is 0 Å². The predicted molar refractivity (Wildman–Crippen MR) is 153 cm³/mol. The molecule has 0 radical (unpaired) electrons. The lowest BCUT2D eigenvalue weighted by atomic mass is 10.0. The van der Waals surface area contributed by atoms with Crippen LogP contribution in [0.25, 0.3) is 0 Å². The van der Waals surface area contributed by atoms with Crippen LogP contribution in [0.2, 0.25) is 0 Å². The molecule has 0 spiro atoms. The number of quaternary nitrogens is 1. The fourth-order valence-corrected chi connectivity index (χ4v) is 5.26. The largest absolute Gasteiger partial charge is 0.324 e. The molecule has 0 aliphatic heterocycles. The van der Waals surface area contributed by atoms with Gasteiger partial charge in [-0.2, -0.15) is 0 Å². The van der Waals surface area contributed by atoms with Gasteiger partial charge in [0, 0.05) is 0 Å². The van der Waals surface area contributed by atoms with E-state index in [-0.39, 0.29) is 0 Å². The zero-order valence-corrected chi connectivity index (χ0v) is 24.4. The normalized spacial score (nSPS) is 12.2. The van der Waals surface area contributed by atoms with Crippen molar-refractivity contribution in [2.24, 2.45) is 0 Å². The molecular weight excluding hydrogens is 398 g/mol. The van der Waals surface area contributed by atoms with E-state index >= 15 is 0 Å².